The third-order valence-corrected chi connectivity index (χ3v) is 2.44. The zero-order valence-electron chi connectivity index (χ0n) is 7.95. The molecule has 2 rings (SSSR count). The first kappa shape index (κ1) is 10.2. The van der Waals surface area contributed by atoms with Crippen LogP contribution in [0.1, 0.15) is 0 Å². The summed E-state index contributed by atoms with van der Waals surface area (Å²) in [5.74, 6) is 0.262. The molecular weight excluding hydrogens is 263 g/mol. The Bertz CT molecular complexity index is 484. The molecule has 2 aromatic rings. The normalized spacial score (nSPS) is 10.3. The molecule has 0 saturated carbocycles. The zero-order chi connectivity index (χ0) is 10.8. The van der Waals surface area contributed by atoms with E-state index in [1.807, 2.05) is 0 Å². The smallest absolute Gasteiger partial charge is 0.157 e. The molecule has 0 N–H and O–H groups in total. The van der Waals surface area contributed by atoms with E-state index in [1.165, 1.54) is 16.9 Å². The van der Waals surface area contributed by atoms with Crippen molar-refractivity contribution in [2.45, 2.75) is 0 Å². The topological polar surface area (TPSA) is 27.1 Å². The molecule has 0 aliphatic rings. The lowest BCUT2D eigenvalue weighted by atomic mass is 10.3. The van der Waals surface area contributed by atoms with Gasteiger partial charge in [-0.25, -0.2) is 9.07 Å². The highest BCUT2D eigenvalue weighted by Crippen LogP contribution is 2.20. The number of hydrogen-bond donors (Lipinski definition) is 0. The van der Waals surface area contributed by atoms with Gasteiger partial charge in [-0.15, -0.1) is 0 Å². The van der Waals surface area contributed by atoms with E-state index in [2.05, 4.69) is 21.0 Å². The monoisotopic (exact) mass is 270 g/mol. The second kappa shape index (κ2) is 4.02. The fourth-order valence-electron chi connectivity index (χ4n) is 1.20. The summed E-state index contributed by atoms with van der Waals surface area (Å²) in [6.07, 6.45) is 3.14. The minimum Gasteiger partial charge on any atom is -0.493 e. The summed E-state index contributed by atoms with van der Waals surface area (Å²) in [5, 5.41) is 3.99. The first-order chi connectivity index (χ1) is 7.20. The quantitative estimate of drug-likeness (QED) is 0.839. The summed E-state index contributed by atoms with van der Waals surface area (Å²) in [4.78, 5) is 0. The van der Waals surface area contributed by atoms with Crippen molar-refractivity contribution in [3.05, 3.63) is 40.9 Å². The van der Waals surface area contributed by atoms with Crippen molar-refractivity contribution < 1.29 is 9.13 Å². The molecule has 0 atom stereocenters. The van der Waals surface area contributed by atoms with Crippen LogP contribution < -0.4 is 4.74 Å². The fourth-order valence-corrected chi connectivity index (χ4v) is 1.55. The molecule has 0 aliphatic carbocycles. The highest BCUT2D eigenvalue weighted by Gasteiger charge is 2.06. The van der Waals surface area contributed by atoms with E-state index < -0.39 is 0 Å². The summed E-state index contributed by atoms with van der Waals surface area (Å²) >= 11 is 3.28. The summed E-state index contributed by atoms with van der Waals surface area (Å²) in [5.41, 5.74) is 0.382. The van der Waals surface area contributed by atoms with Gasteiger partial charge in [0.1, 0.15) is 11.5 Å². The van der Waals surface area contributed by atoms with Crippen LogP contribution in [0.3, 0.4) is 0 Å². The van der Waals surface area contributed by atoms with Crippen LogP contribution in [0.25, 0.3) is 5.69 Å². The van der Waals surface area contributed by atoms with Crippen LogP contribution in [0.5, 0.6) is 5.75 Å². The van der Waals surface area contributed by atoms with E-state index in [0.717, 1.165) is 4.47 Å². The lowest BCUT2D eigenvalue weighted by Crippen LogP contribution is -1.97. The van der Waals surface area contributed by atoms with E-state index in [-0.39, 0.29) is 5.82 Å². The van der Waals surface area contributed by atoms with Gasteiger partial charge in [0.15, 0.2) is 5.75 Å². The van der Waals surface area contributed by atoms with E-state index in [0.29, 0.717) is 11.4 Å². The van der Waals surface area contributed by atoms with Gasteiger partial charge >= 0.3 is 0 Å². The SMILES string of the molecule is COc1cnn(-c2cc(Br)ccc2F)c1. The van der Waals surface area contributed by atoms with Crippen LogP contribution in [-0.4, -0.2) is 16.9 Å². The van der Waals surface area contributed by atoms with Crippen LogP contribution in [0.2, 0.25) is 0 Å². The maximum Gasteiger partial charge on any atom is 0.157 e. The first-order valence-electron chi connectivity index (χ1n) is 4.25. The number of halogens is 2. The summed E-state index contributed by atoms with van der Waals surface area (Å²) in [6, 6.07) is 4.68. The number of nitrogens with zero attached hydrogens (tertiary/aromatic N) is 2. The Kier molecular flexibility index (Phi) is 2.73. The third kappa shape index (κ3) is 2.02. The third-order valence-electron chi connectivity index (χ3n) is 1.95. The first-order valence-corrected chi connectivity index (χ1v) is 5.04. The molecule has 0 bridgehead atoms. The lowest BCUT2D eigenvalue weighted by molar-refractivity contribution is 0.414. The van der Waals surface area contributed by atoms with Gasteiger partial charge in [0.2, 0.25) is 0 Å². The summed E-state index contributed by atoms with van der Waals surface area (Å²) in [6.45, 7) is 0. The average Bonchev–Trinajstić information content (AvgIpc) is 2.70. The van der Waals surface area contributed by atoms with Gasteiger partial charge in [0, 0.05) is 4.47 Å². The van der Waals surface area contributed by atoms with E-state index in [1.54, 1.807) is 25.4 Å². The molecule has 0 saturated heterocycles. The van der Waals surface area contributed by atoms with Crippen LogP contribution in [0, 0.1) is 5.82 Å². The molecule has 0 radical (unpaired) electrons. The molecule has 1 heterocycles. The van der Waals surface area contributed by atoms with Crippen LogP contribution >= 0.6 is 15.9 Å². The summed E-state index contributed by atoms with van der Waals surface area (Å²) in [7, 11) is 1.54. The number of benzene rings is 1. The lowest BCUT2D eigenvalue weighted by Gasteiger charge is -2.02. The van der Waals surface area contributed by atoms with Gasteiger partial charge in [-0.1, -0.05) is 15.9 Å². The number of methoxy groups -OCH3 is 1. The predicted octanol–water partition coefficient (Wildman–Crippen LogP) is 2.78. The van der Waals surface area contributed by atoms with Crippen LogP contribution in [-0.2, 0) is 0 Å². The molecule has 0 fully saturated rings. The van der Waals surface area contributed by atoms with Crippen LogP contribution in [0.4, 0.5) is 4.39 Å². The van der Waals surface area contributed by atoms with E-state index >= 15 is 0 Å². The molecule has 15 heavy (non-hydrogen) atoms. The molecule has 5 heteroatoms. The van der Waals surface area contributed by atoms with Gasteiger partial charge in [0.05, 0.1) is 19.5 Å². The highest BCUT2D eigenvalue weighted by molar-refractivity contribution is 9.10. The molecule has 0 amide bonds. The molecule has 1 aromatic heterocycles. The Labute approximate surface area is 94.6 Å². The fraction of sp³-hybridized carbons (Fsp3) is 0.100. The number of rotatable bonds is 2. The van der Waals surface area contributed by atoms with Crippen molar-refractivity contribution in [2.75, 3.05) is 7.11 Å². The molecule has 0 spiro atoms. The maximum atomic E-state index is 13.4. The van der Waals surface area contributed by atoms with E-state index in [4.69, 9.17) is 4.74 Å². The van der Waals surface area contributed by atoms with Crippen molar-refractivity contribution in [1.29, 1.82) is 0 Å². The molecule has 78 valence electrons. The van der Waals surface area contributed by atoms with Gasteiger partial charge in [-0.05, 0) is 18.2 Å². The molecule has 0 aliphatic heterocycles. The Morgan fingerprint density at radius 2 is 2.27 bits per heavy atom. The molecule has 3 nitrogen and oxygen atoms in total. The van der Waals surface area contributed by atoms with Crippen molar-refractivity contribution in [2.24, 2.45) is 0 Å². The maximum absolute atomic E-state index is 13.4. The second-order valence-electron chi connectivity index (χ2n) is 2.92. The van der Waals surface area contributed by atoms with Gasteiger partial charge < -0.3 is 4.74 Å². The van der Waals surface area contributed by atoms with Crippen molar-refractivity contribution in [1.82, 2.24) is 9.78 Å². The van der Waals surface area contributed by atoms with Crippen LogP contribution in [0.15, 0.2) is 35.1 Å². The highest BCUT2D eigenvalue weighted by atomic mass is 79.9. The van der Waals surface area contributed by atoms with E-state index in [9.17, 15) is 4.39 Å². The minimum atomic E-state index is -0.330. The van der Waals surface area contributed by atoms with Crippen molar-refractivity contribution in [3.63, 3.8) is 0 Å². The number of ether oxygens (including phenoxy) is 1. The standard InChI is InChI=1S/C10H8BrFN2O/c1-15-8-5-13-14(6-8)10-4-7(11)2-3-9(10)12/h2-6H,1H3. The number of hydrogen-bond acceptors (Lipinski definition) is 2. The number of aromatic nitrogens is 2. The molecule has 0 unspecified atom stereocenters. The predicted molar refractivity (Wildman–Crippen MR) is 57.8 cm³/mol. The molecule has 1 aromatic carbocycles. The Balaban J connectivity index is 2.48. The van der Waals surface area contributed by atoms with Gasteiger partial charge in [0.25, 0.3) is 0 Å². The van der Waals surface area contributed by atoms with Gasteiger partial charge in [-0.3, -0.25) is 0 Å². The minimum absolute atomic E-state index is 0.330. The largest absolute Gasteiger partial charge is 0.493 e. The second-order valence-corrected chi connectivity index (χ2v) is 3.84. The summed E-state index contributed by atoms with van der Waals surface area (Å²) < 4.78 is 20.6. The zero-order valence-corrected chi connectivity index (χ0v) is 9.53. The van der Waals surface area contributed by atoms with Crippen molar-refractivity contribution >= 4 is 15.9 Å². The van der Waals surface area contributed by atoms with Gasteiger partial charge in [-0.2, -0.15) is 5.10 Å². The Morgan fingerprint density at radius 1 is 1.47 bits per heavy atom. The van der Waals surface area contributed by atoms with Crippen molar-refractivity contribution in [3.8, 4) is 11.4 Å². The Morgan fingerprint density at radius 3 is 2.93 bits per heavy atom. The Hall–Kier alpha value is -1.36. The molecular formula is C10H8BrFN2O. The average molecular weight is 271 g/mol.